The van der Waals surface area contributed by atoms with Crippen molar-refractivity contribution >= 4 is 55.5 Å². The average molecular weight is 494 g/mol. The van der Waals surface area contributed by atoms with E-state index in [0.29, 0.717) is 16.3 Å². The van der Waals surface area contributed by atoms with Gasteiger partial charge in [-0.15, -0.1) is 11.3 Å². The third-order valence-electron chi connectivity index (χ3n) is 5.77. The molecule has 0 amide bonds. The van der Waals surface area contributed by atoms with Crippen LogP contribution in [0.15, 0.2) is 97.2 Å². The molecule has 2 aromatic heterocycles. The summed E-state index contributed by atoms with van der Waals surface area (Å²) in [5.74, 6) is -0.671. The van der Waals surface area contributed by atoms with Crippen LogP contribution in [-0.2, 0) is 0 Å². The normalized spacial score (nSPS) is 11.2. The molecule has 0 aliphatic rings. The molecule has 0 unspecified atom stereocenters. The van der Waals surface area contributed by atoms with Gasteiger partial charge in [0.2, 0.25) is 5.78 Å². The molecule has 168 valence electrons. The van der Waals surface area contributed by atoms with Crippen LogP contribution in [0.3, 0.4) is 0 Å². The van der Waals surface area contributed by atoms with E-state index < -0.39 is 5.78 Å². The molecule has 0 atom stereocenters. The van der Waals surface area contributed by atoms with Gasteiger partial charge in [0.1, 0.15) is 5.69 Å². The molecule has 0 radical (unpaired) electrons. The second-order valence-electron chi connectivity index (χ2n) is 7.99. The summed E-state index contributed by atoms with van der Waals surface area (Å²) in [6.45, 7) is 0. The highest BCUT2D eigenvalue weighted by molar-refractivity contribution is 7.20. The van der Waals surface area contributed by atoms with E-state index in [9.17, 15) is 9.59 Å². The monoisotopic (exact) mass is 493 g/mol. The zero-order valence-electron chi connectivity index (χ0n) is 18.2. The Morgan fingerprint density at radius 1 is 0.800 bits per heavy atom. The molecule has 4 aromatic carbocycles. The van der Waals surface area contributed by atoms with Crippen molar-refractivity contribution in [3.8, 4) is 5.69 Å². The molecule has 7 heteroatoms. The number of benzene rings is 4. The van der Waals surface area contributed by atoms with E-state index in [2.05, 4.69) is 10.1 Å². The Hall–Kier alpha value is -4.13. The van der Waals surface area contributed by atoms with Gasteiger partial charge in [-0.25, -0.2) is 9.67 Å². The van der Waals surface area contributed by atoms with Gasteiger partial charge in [0.15, 0.2) is 10.8 Å². The fraction of sp³-hybridized carbons (Fsp3) is 0. The first kappa shape index (κ1) is 21.4. The lowest BCUT2D eigenvalue weighted by Crippen LogP contribution is -2.10. The van der Waals surface area contributed by atoms with Gasteiger partial charge in [0.05, 0.1) is 21.5 Å². The van der Waals surface area contributed by atoms with Crippen LogP contribution in [0.2, 0.25) is 5.02 Å². The minimum atomic E-state index is -0.393. The number of rotatable bonds is 5. The molecular weight excluding hydrogens is 478 g/mol. The number of carbonyl (C=O) groups is 2. The van der Waals surface area contributed by atoms with Crippen LogP contribution >= 0.6 is 22.9 Å². The van der Waals surface area contributed by atoms with Gasteiger partial charge < -0.3 is 0 Å². The Labute approximate surface area is 209 Å². The number of halogens is 1. The van der Waals surface area contributed by atoms with Crippen LogP contribution < -0.4 is 0 Å². The van der Waals surface area contributed by atoms with E-state index in [1.165, 1.54) is 16.0 Å². The molecule has 0 aliphatic heterocycles. The van der Waals surface area contributed by atoms with Crippen molar-refractivity contribution in [2.24, 2.45) is 0 Å². The van der Waals surface area contributed by atoms with Gasteiger partial charge in [-0.2, -0.15) is 5.10 Å². The molecule has 0 N–H and O–H groups in total. The summed E-state index contributed by atoms with van der Waals surface area (Å²) >= 11 is 7.47. The van der Waals surface area contributed by atoms with Crippen molar-refractivity contribution in [1.29, 1.82) is 0 Å². The lowest BCUT2D eigenvalue weighted by atomic mass is 9.97. The van der Waals surface area contributed by atoms with Crippen LogP contribution in [0.5, 0.6) is 0 Å². The molecule has 0 fully saturated rings. The highest BCUT2D eigenvalue weighted by Crippen LogP contribution is 2.28. The number of nitrogens with zero attached hydrogens (tertiary/aromatic N) is 3. The van der Waals surface area contributed by atoms with Crippen LogP contribution in [0, 0.1) is 0 Å². The molecule has 2 heterocycles. The fourth-order valence-corrected chi connectivity index (χ4v) is 5.19. The van der Waals surface area contributed by atoms with Gasteiger partial charge in [0, 0.05) is 16.8 Å². The topological polar surface area (TPSA) is 64.8 Å². The second-order valence-corrected chi connectivity index (χ2v) is 9.45. The first-order valence-corrected chi connectivity index (χ1v) is 12.1. The summed E-state index contributed by atoms with van der Waals surface area (Å²) in [7, 11) is 0. The SMILES string of the molecule is O=C(c1nc2ccccc2s1)c1nn(-c2cccc(Cl)c2)cc1C(=O)c1cccc2ccccc12. The summed E-state index contributed by atoms with van der Waals surface area (Å²) in [6.07, 6.45) is 1.59. The first-order chi connectivity index (χ1) is 17.1. The van der Waals surface area contributed by atoms with Gasteiger partial charge >= 0.3 is 0 Å². The van der Waals surface area contributed by atoms with E-state index in [1.54, 1.807) is 30.5 Å². The summed E-state index contributed by atoms with van der Waals surface area (Å²) in [4.78, 5) is 32.0. The minimum absolute atomic E-state index is 0.0574. The summed E-state index contributed by atoms with van der Waals surface area (Å²) in [5, 5.41) is 7.12. The van der Waals surface area contributed by atoms with Gasteiger partial charge in [0.25, 0.3) is 0 Å². The molecule has 5 nitrogen and oxygen atoms in total. The highest BCUT2D eigenvalue weighted by Gasteiger charge is 2.27. The van der Waals surface area contributed by atoms with Crippen molar-refractivity contribution < 1.29 is 9.59 Å². The molecular formula is C28H16ClN3O2S. The molecule has 0 spiro atoms. The Balaban J connectivity index is 1.53. The molecule has 0 bridgehead atoms. The Bertz CT molecular complexity index is 1730. The van der Waals surface area contributed by atoms with Gasteiger partial charge in [-0.1, -0.05) is 72.3 Å². The van der Waals surface area contributed by atoms with Gasteiger partial charge in [-0.3, -0.25) is 9.59 Å². The van der Waals surface area contributed by atoms with Crippen molar-refractivity contribution in [3.05, 3.63) is 124 Å². The number of ketones is 2. The smallest absolute Gasteiger partial charge is 0.242 e. The van der Waals surface area contributed by atoms with Crippen LogP contribution in [0.1, 0.15) is 31.4 Å². The molecule has 0 aliphatic carbocycles. The zero-order chi connectivity index (χ0) is 23.9. The maximum atomic E-state index is 13.9. The maximum Gasteiger partial charge on any atom is 0.242 e. The third-order valence-corrected chi connectivity index (χ3v) is 7.04. The highest BCUT2D eigenvalue weighted by atomic mass is 35.5. The Morgan fingerprint density at radius 3 is 2.43 bits per heavy atom. The lowest BCUT2D eigenvalue weighted by molar-refractivity contribution is 0.100. The number of aromatic nitrogens is 3. The van der Waals surface area contributed by atoms with E-state index >= 15 is 0 Å². The van der Waals surface area contributed by atoms with E-state index in [1.807, 2.05) is 66.7 Å². The second kappa shape index (κ2) is 8.58. The predicted octanol–water partition coefficient (Wildman–Crippen LogP) is 6.75. The lowest BCUT2D eigenvalue weighted by Gasteiger charge is -2.05. The van der Waals surface area contributed by atoms with Crippen LogP contribution in [-0.4, -0.2) is 26.3 Å². The zero-order valence-corrected chi connectivity index (χ0v) is 19.8. The van der Waals surface area contributed by atoms with E-state index in [0.717, 1.165) is 21.0 Å². The number of hydrogen-bond donors (Lipinski definition) is 0. The number of fused-ring (bicyclic) bond motifs is 2. The average Bonchev–Trinajstić information content (AvgIpc) is 3.53. The molecule has 0 saturated carbocycles. The van der Waals surface area contributed by atoms with Crippen molar-refractivity contribution in [2.45, 2.75) is 0 Å². The van der Waals surface area contributed by atoms with E-state index in [-0.39, 0.29) is 22.0 Å². The summed E-state index contributed by atoms with van der Waals surface area (Å²) < 4.78 is 2.41. The first-order valence-electron chi connectivity index (χ1n) is 10.9. The largest absolute Gasteiger partial charge is 0.288 e. The number of carbonyl (C=O) groups excluding carboxylic acids is 2. The maximum absolute atomic E-state index is 13.9. The molecule has 6 rings (SSSR count). The van der Waals surface area contributed by atoms with E-state index in [4.69, 9.17) is 11.6 Å². The van der Waals surface area contributed by atoms with Gasteiger partial charge in [-0.05, 0) is 41.1 Å². The predicted molar refractivity (Wildman–Crippen MR) is 139 cm³/mol. The van der Waals surface area contributed by atoms with Crippen molar-refractivity contribution in [2.75, 3.05) is 0 Å². The van der Waals surface area contributed by atoms with Crippen LogP contribution in [0.25, 0.3) is 26.7 Å². The quantitative estimate of drug-likeness (QED) is 0.249. The Morgan fingerprint density at radius 2 is 1.57 bits per heavy atom. The molecule has 35 heavy (non-hydrogen) atoms. The number of para-hydroxylation sites is 1. The molecule has 6 aromatic rings. The molecule has 0 saturated heterocycles. The Kier molecular flexibility index (Phi) is 5.25. The minimum Gasteiger partial charge on any atom is -0.288 e. The van der Waals surface area contributed by atoms with Crippen molar-refractivity contribution in [1.82, 2.24) is 14.8 Å². The number of hydrogen-bond acceptors (Lipinski definition) is 5. The van der Waals surface area contributed by atoms with Crippen LogP contribution in [0.4, 0.5) is 0 Å². The van der Waals surface area contributed by atoms with Crippen molar-refractivity contribution in [3.63, 3.8) is 0 Å². The summed E-state index contributed by atoms with van der Waals surface area (Å²) in [5.41, 5.74) is 2.16. The fourth-order valence-electron chi connectivity index (χ4n) is 4.10. The number of thiazole rings is 1. The summed E-state index contributed by atoms with van der Waals surface area (Å²) in [6, 6.07) is 27.9. The third kappa shape index (κ3) is 3.83. The standard InChI is InChI=1S/C28H16ClN3O2S/c29-18-9-6-10-19(15-18)32-16-22(26(33)21-12-5-8-17-7-1-2-11-20(17)21)25(31-32)27(34)28-30-23-13-3-4-14-24(23)35-28/h1-16H.